The molecule has 0 bridgehead atoms. The first-order chi connectivity index (χ1) is 23.8. The van der Waals surface area contributed by atoms with Crippen molar-refractivity contribution >= 4 is 79.7 Å². The Morgan fingerprint density at radius 2 is 1.71 bits per heavy atom. The number of azo groups is 1. The summed E-state index contributed by atoms with van der Waals surface area (Å²) in [6, 6.07) is 14.4. The van der Waals surface area contributed by atoms with Crippen LogP contribution in [-0.2, 0) is 25.1 Å². The molecule has 18 heteroatoms. The molecule has 0 aliphatic carbocycles. The van der Waals surface area contributed by atoms with Gasteiger partial charge in [0.15, 0.2) is 5.82 Å². The minimum Gasteiger partial charge on any atom is -0.480 e. The van der Waals surface area contributed by atoms with Crippen LogP contribution in [-0.4, -0.2) is 58.7 Å². The molecule has 0 aliphatic heterocycles. The van der Waals surface area contributed by atoms with E-state index in [2.05, 4.69) is 32.0 Å². The summed E-state index contributed by atoms with van der Waals surface area (Å²) in [6.07, 6.45) is 0. The highest BCUT2D eigenvalue weighted by molar-refractivity contribution is 7.85. The van der Waals surface area contributed by atoms with Gasteiger partial charge in [0, 0.05) is 35.8 Å². The number of likely N-dealkylation sites (N-methyl/N-ethyl adjacent to an activating group) is 1. The van der Waals surface area contributed by atoms with Gasteiger partial charge in [0.25, 0.3) is 16.0 Å². The van der Waals surface area contributed by atoms with Crippen LogP contribution < -0.4 is 15.5 Å². The summed E-state index contributed by atoms with van der Waals surface area (Å²) >= 11 is 13.4. The van der Waals surface area contributed by atoms with Gasteiger partial charge in [0.2, 0.25) is 5.91 Å². The number of halogens is 2. The number of hydrogen-bond donors (Lipinski definition) is 4. The smallest absolute Gasteiger partial charge is 0.323 e. The van der Waals surface area contributed by atoms with Gasteiger partial charge in [0.1, 0.15) is 29.6 Å². The van der Waals surface area contributed by atoms with Crippen molar-refractivity contribution in [3.05, 3.63) is 81.5 Å². The summed E-state index contributed by atoms with van der Waals surface area (Å²) < 4.78 is 33.7. The number of nitriles is 1. The Balaban J connectivity index is 1.81. The molecule has 1 heterocycles. The predicted octanol–water partition coefficient (Wildman–Crippen LogP) is 7.13. The van der Waals surface area contributed by atoms with Crippen molar-refractivity contribution in [3.63, 3.8) is 0 Å². The molecule has 0 atom stereocenters. The summed E-state index contributed by atoms with van der Waals surface area (Å²) in [4.78, 5) is 37.5. The van der Waals surface area contributed by atoms with Crippen molar-refractivity contribution < 1.29 is 32.5 Å². The van der Waals surface area contributed by atoms with E-state index < -0.39 is 38.2 Å². The van der Waals surface area contributed by atoms with E-state index in [-0.39, 0.29) is 56.3 Å². The molecule has 0 radical (unpaired) electrons. The molecule has 15 nitrogen and oxygen atoms in total. The van der Waals surface area contributed by atoms with Gasteiger partial charge < -0.3 is 20.6 Å². The first kappa shape index (κ1) is 38.5. The number of benzene rings is 3. The van der Waals surface area contributed by atoms with Crippen LogP contribution in [0.3, 0.4) is 0 Å². The second-order valence-electron chi connectivity index (χ2n) is 12.1. The number of carbonyl (C=O) groups is 3. The maximum atomic E-state index is 12.9. The summed E-state index contributed by atoms with van der Waals surface area (Å²) in [6.45, 7) is 8.70. The molecule has 4 N–H and O–H groups in total. The third kappa shape index (κ3) is 9.07. The minimum absolute atomic E-state index is 0.0187. The van der Waals surface area contributed by atoms with E-state index in [4.69, 9.17) is 23.2 Å². The molecule has 0 spiro atoms. The van der Waals surface area contributed by atoms with Crippen molar-refractivity contribution in [3.8, 4) is 11.8 Å². The number of anilines is 3. The topological polar surface area (TPSA) is 219 Å². The molecule has 0 fully saturated rings. The van der Waals surface area contributed by atoms with E-state index in [1.54, 1.807) is 24.0 Å². The number of hydrogen-bond acceptors (Lipinski definition) is 10. The van der Waals surface area contributed by atoms with Gasteiger partial charge in [-0.25, -0.2) is 4.68 Å². The Kier molecular flexibility index (Phi) is 11.5. The van der Waals surface area contributed by atoms with Crippen LogP contribution in [0.4, 0.5) is 28.6 Å². The number of aliphatic carboxylic acids is 1. The van der Waals surface area contributed by atoms with Gasteiger partial charge in [-0.15, -0.1) is 10.2 Å². The zero-order valence-corrected chi connectivity index (χ0v) is 30.2. The largest absolute Gasteiger partial charge is 0.480 e. The second-order valence-corrected chi connectivity index (χ2v) is 14.3. The molecule has 0 unspecified atom stereocenters. The molecule has 0 saturated heterocycles. The van der Waals surface area contributed by atoms with Gasteiger partial charge in [-0.1, -0.05) is 50.0 Å². The summed E-state index contributed by atoms with van der Waals surface area (Å²) in [5.41, 5.74) is 0.813. The highest BCUT2D eigenvalue weighted by Gasteiger charge is 2.30. The molecule has 2 amide bonds. The third-order valence-electron chi connectivity index (χ3n) is 7.18. The monoisotopic (exact) mass is 754 g/mol. The quantitative estimate of drug-likeness (QED) is 0.0896. The Morgan fingerprint density at radius 3 is 2.25 bits per heavy atom. The van der Waals surface area contributed by atoms with Crippen molar-refractivity contribution in [2.75, 3.05) is 28.6 Å². The summed E-state index contributed by atoms with van der Waals surface area (Å²) in [7, 11) is -4.55. The van der Waals surface area contributed by atoms with Crippen LogP contribution >= 0.6 is 23.2 Å². The maximum Gasteiger partial charge on any atom is 0.323 e. The van der Waals surface area contributed by atoms with E-state index in [1.807, 2.05) is 20.8 Å². The van der Waals surface area contributed by atoms with Gasteiger partial charge in [-0.2, -0.15) is 18.8 Å². The fourth-order valence-electron chi connectivity index (χ4n) is 4.87. The lowest BCUT2D eigenvalue weighted by molar-refractivity contribution is -0.135. The Bertz CT molecular complexity index is 2200. The predicted molar refractivity (Wildman–Crippen MR) is 192 cm³/mol. The Labute approximate surface area is 303 Å². The van der Waals surface area contributed by atoms with Gasteiger partial charge in [-0.3, -0.25) is 18.9 Å². The van der Waals surface area contributed by atoms with Crippen molar-refractivity contribution in [1.82, 2.24) is 9.78 Å². The standard InChI is InChI=1S/C33H32Cl2N8O7S/c1-6-42(17-28(45)46)21-10-11-26(27(15-21)37-18(2)44)39-40-31-23(16-36)30(33(3,4)5)41-43(31)29-24(34)13-20(14-25(29)35)38-32(47)19-8-7-9-22(12-19)51(48,49)50/h7-15H,6,17H2,1-5H3,(H,37,44)(H,38,47)(H,45,46)(H,48,49,50)/b40-39+. The normalized spacial score (nSPS) is 11.7. The lowest BCUT2D eigenvalue weighted by atomic mass is 9.90. The molecular formula is C33H32Cl2N8O7S. The van der Waals surface area contributed by atoms with Crippen LogP contribution in [0.25, 0.3) is 5.69 Å². The van der Waals surface area contributed by atoms with Crippen molar-refractivity contribution in [2.24, 2.45) is 10.2 Å². The molecule has 51 heavy (non-hydrogen) atoms. The summed E-state index contributed by atoms with van der Waals surface area (Å²) in [5, 5.41) is 38.2. The van der Waals surface area contributed by atoms with Crippen molar-refractivity contribution in [1.29, 1.82) is 5.26 Å². The van der Waals surface area contributed by atoms with Crippen LogP contribution in [0.15, 0.2) is 69.7 Å². The molecule has 1 aromatic heterocycles. The third-order valence-corrected chi connectivity index (χ3v) is 8.61. The molecule has 4 aromatic rings. The van der Waals surface area contributed by atoms with Gasteiger partial charge in [0.05, 0.1) is 26.3 Å². The highest BCUT2D eigenvalue weighted by atomic mass is 35.5. The first-order valence-corrected chi connectivity index (χ1v) is 17.3. The fourth-order valence-corrected chi connectivity index (χ4v) is 6.05. The SMILES string of the molecule is CCN(CC(=O)O)c1ccc(/N=N/c2c(C#N)c(C(C)(C)C)nn2-c2c(Cl)cc(NC(=O)c3cccc(S(=O)(=O)O)c3)cc2Cl)c(NC(C)=O)c1. The fraction of sp³-hybridized carbons (Fsp3) is 0.242. The van der Waals surface area contributed by atoms with Gasteiger partial charge in [-0.05, 0) is 55.5 Å². The molecular weight excluding hydrogens is 723 g/mol. The Hall–Kier alpha value is -5.34. The lowest BCUT2D eigenvalue weighted by Crippen LogP contribution is -2.29. The number of carbonyl (C=O) groups excluding carboxylic acids is 2. The average molecular weight is 756 g/mol. The molecule has 0 aliphatic rings. The number of carboxylic acid groups (broad SMARTS) is 1. The van der Waals surface area contributed by atoms with Crippen LogP contribution in [0, 0.1) is 11.3 Å². The number of aromatic nitrogens is 2. The van der Waals surface area contributed by atoms with Crippen LogP contribution in [0.1, 0.15) is 56.2 Å². The molecule has 4 rings (SSSR count). The minimum atomic E-state index is -4.55. The molecule has 266 valence electrons. The van der Waals surface area contributed by atoms with E-state index >= 15 is 0 Å². The maximum absolute atomic E-state index is 12.9. The lowest BCUT2D eigenvalue weighted by Gasteiger charge is -2.22. The number of amides is 2. The number of nitrogens with zero attached hydrogens (tertiary/aromatic N) is 6. The van der Waals surface area contributed by atoms with Crippen LogP contribution in [0.5, 0.6) is 0 Å². The second kappa shape index (κ2) is 15.3. The number of carboxylic acids is 1. The molecule has 3 aromatic carbocycles. The molecule has 0 saturated carbocycles. The van der Waals surface area contributed by atoms with E-state index in [0.717, 1.165) is 12.1 Å². The zero-order chi connectivity index (χ0) is 37.8. The van der Waals surface area contributed by atoms with Gasteiger partial charge >= 0.3 is 5.97 Å². The van der Waals surface area contributed by atoms with Crippen LogP contribution in [0.2, 0.25) is 10.0 Å². The average Bonchev–Trinajstić information content (AvgIpc) is 3.40. The Morgan fingerprint density at radius 1 is 1.04 bits per heavy atom. The van der Waals surface area contributed by atoms with E-state index in [0.29, 0.717) is 17.9 Å². The first-order valence-electron chi connectivity index (χ1n) is 15.1. The number of rotatable bonds is 11. The van der Waals surface area contributed by atoms with E-state index in [1.165, 1.54) is 41.9 Å². The van der Waals surface area contributed by atoms with Crippen molar-refractivity contribution in [2.45, 2.75) is 44.9 Å². The number of nitrogens with one attached hydrogen (secondary N) is 2. The highest BCUT2D eigenvalue weighted by Crippen LogP contribution is 2.40. The zero-order valence-electron chi connectivity index (χ0n) is 27.9. The van der Waals surface area contributed by atoms with E-state index in [9.17, 15) is 37.7 Å². The summed E-state index contributed by atoms with van der Waals surface area (Å²) in [5.74, 6) is -2.22.